The maximum atomic E-state index is 3.30. The van der Waals surface area contributed by atoms with Gasteiger partial charge in [0, 0.05) is 16.7 Å². The van der Waals surface area contributed by atoms with Crippen molar-refractivity contribution < 1.29 is 0 Å². The van der Waals surface area contributed by atoms with Crippen LogP contribution in [-0.2, 0) is 5.54 Å². The van der Waals surface area contributed by atoms with Gasteiger partial charge in [-0.2, -0.15) is 0 Å². The minimum Gasteiger partial charge on any atom is -0.311 e. The highest BCUT2D eigenvalue weighted by Gasteiger charge is 2.16. The minimum atomic E-state index is -0.00854. The molecule has 2 aromatic rings. The molecule has 0 spiro atoms. The molecule has 0 saturated carbocycles. The van der Waals surface area contributed by atoms with Gasteiger partial charge in [-0.25, -0.2) is 0 Å². The van der Waals surface area contributed by atoms with Gasteiger partial charge in [0.15, 0.2) is 0 Å². The smallest absolute Gasteiger partial charge is 0.0374 e. The van der Waals surface area contributed by atoms with Crippen molar-refractivity contribution in [2.45, 2.75) is 19.4 Å². The number of benzene rings is 2. The molecule has 0 bridgehead atoms. The first-order valence-electron chi connectivity index (χ1n) is 6.48. The highest BCUT2D eigenvalue weighted by molar-refractivity contribution is 5.43. The van der Waals surface area contributed by atoms with Gasteiger partial charge in [-0.15, -0.1) is 0 Å². The van der Waals surface area contributed by atoms with Crippen LogP contribution in [0.15, 0.2) is 54.6 Å². The van der Waals surface area contributed by atoms with Crippen LogP contribution in [0.25, 0.3) is 0 Å². The van der Waals surface area contributed by atoms with E-state index >= 15 is 0 Å². The summed E-state index contributed by atoms with van der Waals surface area (Å²) in [5.41, 5.74) is 3.34. The molecule has 0 aliphatic heterocycles. The Morgan fingerprint density at radius 1 is 0.789 bits per heavy atom. The Morgan fingerprint density at radius 2 is 1.32 bits per heavy atom. The molecule has 0 atom stereocenters. The molecule has 19 heavy (non-hydrogen) atoms. The van der Waals surface area contributed by atoms with Gasteiger partial charge in [-0.3, -0.25) is 0 Å². The lowest BCUT2D eigenvalue weighted by Crippen LogP contribution is -2.32. The monoisotopic (exact) mass is 249 g/mol. The average molecular weight is 249 g/mol. The van der Waals surface area contributed by atoms with Crippen LogP contribution in [0.2, 0.25) is 0 Å². The highest BCUT2D eigenvalue weighted by atomic mass is 14.9. The van der Waals surface area contributed by atoms with E-state index in [1.807, 2.05) is 37.4 Å². The molecule has 0 unspecified atom stereocenters. The summed E-state index contributed by atoms with van der Waals surface area (Å²) >= 11 is 0. The maximum Gasteiger partial charge on any atom is 0.0374 e. The van der Waals surface area contributed by atoms with Crippen molar-refractivity contribution in [2.75, 3.05) is 7.05 Å². The fourth-order valence-corrected chi connectivity index (χ4v) is 1.78. The molecule has 1 N–H and O–H groups in total. The summed E-state index contributed by atoms with van der Waals surface area (Å²) in [6.07, 6.45) is 0. The molecular weight excluding hydrogens is 230 g/mol. The molecule has 0 radical (unpaired) electrons. The van der Waals surface area contributed by atoms with Gasteiger partial charge in [-0.1, -0.05) is 42.2 Å². The standard InChI is InChI=1S/C18H19N/c1-18(2,19-3)17-13-11-16(12-14-17)10-9-15-7-5-4-6-8-15/h4-8,11-14,19H,1-3H3. The zero-order chi connectivity index (χ0) is 13.7. The molecular formula is C18H19N. The number of rotatable bonds is 2. The van der Waals surface area contributed by atoms with Crippen LogP contribution in [0.4, 0.5) is 0 Å². The summed E-state index contributed by atoms with van der Waals surface area (Å²) in [7, 11) is 1.98. The summed E-state index contributed by atoms with van der Waals surface area (Å²) in [6, 6.07) is 18.5. The van der Waals surface area contributed by atoms with Crippen LogP contribution in [0, 0.1) is 11.8 Å². The first-order chi connectivity index (χ1) is 9.12. The zero-order valence-electron chi connectivity index (χ0n) is 11.7. The lowest BCUT2D eigenvalue weighted by Gasteiger charge is -2.24. The molecule has 0 aliphatic rings. The molecule has 96 valence electrons. The molecule has 1 nitrogen and oxygen atoms in total. The quantitative estimate of drug-likeness (QED) is 0.803. The lowest BCUT2D eigenvalue weighted by molar-refractivity contribution is 0.444. The van der Waals surface area contributed by atoms with Crippen LogP contribution in [0.3, 0.4) is 0 Å². The molecule has 2 rings (SSSR count). The molecule has 0 fully saturated rings. The fraction of sp³-hybridized carbons (Fsp3) is 0.222. The minimum absolute atomic E-state index is 0.00854. The summed E-state index contributed by atoms with van der Waals surface area (Å²) in [4.78, 5) is 0. The number of hydrogen-bond acceptors (Lipinski definition) is 1. The van der Waals surface area contributed by atoms with Crippen LogP contribution < -0.4 is 5.32 Å². The van der Waals surface area contributed by atoms with E-state index in [-0.39, 0.29) is 5.54 Å². The van der Waals surface area contributed by atoms with Gasteiger partial charge < -0.3 is 5.32 Å². The number of hydrogen-bond donors (Lipinski definition) is 1. The second-order valence-corrected chi connectivity index (χ2v) is 5.07. The predicted molar refractivity (Wildman–Crippen MR) is 80.9 cm³/mol. The van der Waals surface area contributed by atoms with Crippen molar-refractivity contribution in [3.8, 4) is 11.8 Å². The van der Waals surface area contributed by atoms with E-state index in [0.29, 0.717) is 0 Å². The van der Waals surface area contributed by atoms with Crippen LogP contribution in [0.5, 0.6) is 0 Å². The first-order valence-corrected chi connectivity index (χ1v) is 6.48. The summed E-state index contributed by atoms with van der Waals surface area (Å²) in [5, 5.41) is 3.30. The van der Waals surface area contributed by atoms with Crippen molar-refractivity contribution >= 4 is 0 Å². The van der Waals surface area contributed by atoms with Crippen LogP contribution in [0.1, 0.15) is 30.5 Å². The van der Waals surface area contributed by atoms with E-state index in [0.717, 1.165) is 11.1 Å². The van der Waals surface area contributed by atoms with Gasteiger partial charge in [0.2, 0.25) is 0 Å². The average Bonchev–Trinajstić information content (AvgIpc) is 2.47. The maximum absolute atomic E-state index is 3.30. The first kappa shape index (κ1) is 13.4. The normalized spacial score (nSPS) is 10.7. The Bertz CT molecular complexity index is 583. The Labute approximate surface area is 115 Å². The summed E-state index contributed by atoms with van der Waals surface area (Å²) in [6.45, 7) is 4.33. The predicted octanol–water partition coefficient (Wildman–Crippen LogP) is 3.54. The zero-order valence-corrected chi connectivity index (χ0v) is 11.7. The van der Waals surface area contributed by atoms with E-state index in [9.17, 15) is 0 Å². The summed E-state index contributed by atoms with van der Waals surface area (Å²) in [5.74, 6) is 6.35. The Hall–Kier alpha value is -2.04. The Kier molecular flexibility index (Phi) is 4.04. The molecule has 1 heteroatoms. The Morgan fingerprint density at radius 3 is 1.84 bits per heavy atom. The Balaban J connectivity index is 2.19. The molecule has 0 heterocycles. The van der Waals surface area contributed by atoms with Gasteiger partial charge >= 0.3 is 0 Å². The molecule has 0 aliphatic carbocycles. The second kappa shape index (κ2) is 5.73. The van der Waals surface area contributed by atoms with Crippen LogP contribution in [-0.4, -0.2) is 7.05 Å². The molecule has 2 aromatic carbocycles. The second-order valence-electron chi connectivity index (χ2n) is 5.07. The largest absolute Gasteiger partial charge is 0.311 e. The van der Waals surface area contributed by atoms with Crippen molar-refractivity contribution in [3.05, 3.63) is 71.3 Å². The third kappa shape index (κ3) is 3.47. The van der Waals surface area contributed by atoms with Crippen molar-refractivity contribution in [1.29, 1.82) is 0 Å². The van der Waals surface area contributed by atoms with Gasteiger partial charge in [-0.05, 0) is 50.7 Å². The van der Waals surface area contributed by atoms with E-state index in [1.54, 1.807) is 0 Å². The topological polar surface area (TPSA) is 12.0 Å². The van der Waals surface area contributed by atoms with Gasteiger partial charge in [0.1, 0.15) is 0 Å². The van der Waals surface area contributed by atoms with Crippen molar-refractivity contribution in [1.82, 2.24) is 5.32 Å². The third-order valence-corrected chi connectivity index (χ3v) is 3.36. The van der Waals surface area contributed by atoms with Gasteiger partial charge in [0.05, 0.1) is 0 Å². The van der Waals surface area contributed by atoms with E-state index in [2.05, 4.69) is 55.3 Å². The fourth-order valence-electron chi connectivity index (χ4n) is 1.78. The van der Waals surface area contributed by atoms with E-state index in [1.165, 1.54) is 5.56 Å². The van der Waals surface area contributed by atoms with E-state index in [4.69, 9.17) is 0 Å². The van der Waals surface area contributed by atoms with Crippen LogP contribution >= 0.6 is 0 Å². The van der Waals surface area contributed by atoms with Crippen molar-refractivity contribution in [3.63, 3.8) is 0 Å². The third-order valence-electron chi connectivity index (χ3n) is 3.36. The molecule has 0 aromatic heterocycles. The van der Waals surface area contributed by atoms with Gasteiger partial charge in [0.25, 0.3) is 0 Å². The highest BCUT2D eigenvalue weighted by Crippen LogP contribution is 2.19. The molecule has 0 saturated heterocycles. The lowest BCUT2D eigenvalue weighted by atomic mass is 9.94. The number of nitrogens with one attached hydrogen (secondary N) is 1. The molecule has 0 amide bonds. The van der Waals surface area contributed by atoms with E-state index < -0.39 is 0 Å². The van der Waals surface area contributed by atoms with Crippen molar-refractivity contribution in [2.24, 2.45) is 0 Å². The summed E-state index contributed by atoms with van der Waals surface area (Å²) < 4.78 is 0. The SMILES string of the molecule is CNC(C)(C)c1ccc(C#Cc2ccccc2)cc1.